The van der Waals surface area contributed by atoms with E-state index in [2.05, 4.69) is 15.0 Å². The van der Waals surface area contributed by atoms with Gasteiger partial charge in [-0.1, -0.05) is 0 Å². The first kappa shape index (κ1) is 10.1. The number of fused-ring (bicyclic) bond motifs is 1. The number of nitrogens with two attached hydrogens (primary N) is 1. The third-order valence-electron chi connectivity index (χ3n) is 2.92. The average Bonchev–Trinajstić information content (AvgIpc) is 2.78. The molecule has 0 amide bonds. The molecule has 17 heavy (non-hydrogen) atoms. The quantitative estimate of drug-likeness (QED) is 0.810. The van der Waals surface area contributed by atoms with Crippen LogP contribution in [-0.2, 0) is 12.8 Å². The summed E-state index contributed by atoms with van der Waals surface area (Å²) in [6, 6.07) is 2.90. The molecular formula is C12H11FN4. The lowest BCUT2D eigenvalue weighted by Crippen LogP contribution is -2.03. The van der Waals surface area contributed by atoms with Crippen LogP contribution >= 0.6 is 0 Å². The van der Waals surface area contributed by atoms with Crippen molar-refractivity contribution < 1.29 is 4.39 Å². The molecule has 2 aromatic heterocycles. The molecule has 0 unspecified atom stereocenters. The van der Waals surface area contributed by atoms with Crippen molar-refractivity contribution in [1.82, 2.24) is 15.0 Å². The first-order valence-electron chi connectivity index (χ1n) is 5.51. The molecule has 86 valence electrons. The molecule has 3 rings (SSSR count). The van der Waals surface area contributed by atoms with Crippen molar-refractivity contribution in [2.24, 2.45) is 0 Å². The van der Waals surface area contributed by atoms with Crippen LogP contribution in [0.2, 0.25) is 0 Å². The molecule has 2 heterocycles. The monoisotopic (exact) mass is 230 g/mol. The first-order chi connectivity index (χ1) is 8.24. The van der Waals surface area contributed by atoms with Crippen LogP contribution in [0.25, 0.3) is 11.5 Å². The number of aromatic nitrogens is 3. The van der Waals surface area contributed by atoms with Crippen LogP contribution in [0.5, 0.6) is 0 Å². The number of aryl methyl sites for hydroxylation is 1. The SMILES string of the molecule is Nc1nc(-c2ccc(F)cn2)nc2c1CCC2. The van der Waals surface area contributed by atoms with Gasteiger partial charge in [0.1, 0.15) is 17.3 Å². The molecule has 0 radical (unpaired) electrons. The topological polar surface area (TPSA) is 64.7 Å². The summed E-state index contributed by atoms with van der Waals surface area (Å²) < 4.78 is 12.8. The smallest absolute Gasteiger partial charge is 0.180 e. The Kier molecular flexibility index (Phi) is 2.24. The fourth-order valence-corrected chi connectivity index (χ4v) is 2.08. The summed E-state index contributed by atoms with van der Waals surface area (Å²) in [6.45, 7) is 0. The van der Waals surface area contributed by atoms with E-state index in [-0.39, 0.29) is 5.82 Å². The highest BCUT2D eigenvalue weighted by Crippen LogP contribution is 2.26. The third-order valence-corrected chi connectivity index (χ3v) is 2.92. The number of nitrogen functional groups attached to an aromatic ring is 1. The average molecular weight is 230 g/mol. The highest BCUT2D eigenvalue weighted by Gasteiger charge is 2.18. The molecule has 2 aromatic rings. The molecule has 4 nitrogen and oxygen atoms in total. The zero-order valence-electron chi connectivity index (χ0n) is 9.15. The highest BCUT2D eigenvalue weighted by molar-refractivity contribution is 5.55. The van der Waals surface area contributed by atoms with E-state index in [1.807, 2.05) is 0 Å². The second-order valence-electron chi connectivity index (χ2n) is 4.07. The van der Waals surface area contributed by atoms with Gasteiger partial charge in [-0.15, -0.1) is 0 Å². The zero-order chi connectivity index (χ0) is 11.8. The number of nitrogens with zero attached hydrogens (tertiary/aromatic N) is 3. The molecule has 1 aliphatic carbocycles. The summed E-state index contributed by atoms with van der Waals surface area (Å²) in [4.78, 5) is 12.6. The zero-order valence-corrected chi connectivity index (χ0v) is 9.15. The number of rotatable bonds is 1. The Morgan fingerprint density at radius 2 is 2.06 bits per heavy atom. The van der Waals surface area contributed by atoms with E-state index < -0.39 is 0 Å². The van der Waals surface area contributed by atoms with Crippen molar-refractivity contribution in [3.8, 4) is 11.5 Å². The van der Waals surface area contributed by atoms with Crippen LogP contribution in [0.1, 0.15) is 17.7 Å². The van der Waals surface area contributed by atoms with Gasteiger partial charge in [0.15, 0.2) is 5.82 Å². The molecule has 1 aliphatic rings. The van der Waals surface area contributed by atoms with Crippen molar-refractivity contribution >= 4 is 5.82 Å². The van der Waals surface area contributed by atoms with Crippen molar-refractivity contribution in [3.63, 3.8) is 0 Å². The van der Waals surface area contributed by atoms with E-state index >= 15 is 0 Å². The molecule has 0 fully saturated rings. The molecule has 2 N–H and O–H groups in total. The number of hydrogen-bond donors (Lipinski definition) is 1. The Balaban J connectivity index is 2.10. The molecule has 0 aromatic carbocycles. The maximum atomic E-state index is 12.8. The lowest BCUT2D eigenvalue weighted by molar-refractivity contribution is 0.621. The van der Waals surface area contributed by atoms with Gasteiger partial charge in [-0.25, -0.2) is 19.3 Å². The largest absolute Gasteiger partial charge is 0.383 e. The summed E-state index contributed by atoms with van der Waals surface area (Å²) >= 11 is 0. The number of pyridine rings is 1. The van der Waals surface area contributed by atoms with Crippen LogP contribution in [0.4, 0.5) is 10.2 Å². The summed E-state index contributed by atoms with van der Waals surface area (Å²) in [7, 11) is 0. The summed E-state index contributed by atoms with van der Waals surface area (Å²) in [5.74, 6) is 0.625. The minimum absolute atomic E-state index is 0.372. The van der Waals surface area contributed by atoms with Gasteiger partial charge in [-0.2, -0.15) is 0 Å². The minimum Gasteiger partial charge on any atom is -0.383 e. The first-order valence-corrected chi connectivity index (χ1v) is 5.51. The predicted molar refractivity (Wildman–Crippen MR) is 61.7 cm³/mol. The Labute approximate surface area is 97.7 Å². The van der Waals surface area contributed by atoms with Crippen LogP contribution in [-0.4, -0.2) is 15.0 Å². The van der Waals surface area contributed by atoms with E-state index in [4.69, 9.17) is 5.73 Å². The Morgan fingerprint density at radius 1 is 1.18 bits per heavy atom. The molecule has 0 aliphatic heterocycles. The van der Waals surface area contributed by atoms with Crippen LogP contribution in [0, 0.1) is 5.82 Å². The Hall–Kier alpha value is -2.04. The normalized spacial score (nSPS) is 13.7. The molecule has 0 spiro atoms. The number of halogens is 1. The van der Waals surface area contributed by atoms with Gasteiger partial charge in [0.2, 0.25) is 0 Å². The van der Waals surface area contributed by atoms with Crippen molar-refractivity contribution in [2.45, 2.75) is 19.3 Å². The second kappa shape index (κ2) is 3.76. The molecule has 0 atom stereocenters. The van der Waals surface area contributed by atoms with Gasteiger partial charge < -0.3 is 5.73 Å². The Bertz CT molecular complexity index is 565. The van der Waals surface area contributed by atoms with Gasteiger partial charge in [-0.05, 0) is 31.4 Å². The van der Waals surface area contributed by atoms with E-state index in [0.29, 0.717) is 17.3 Å². The molecule has 0 bridgehead atoms. The van der Waals surface area contributed by atoms with Gasteiger partial charge in [0.05, 0.1) is 6.20 Å². The van der Waals surface area contributed by atoms with E-state index in [1.165, 1.54) is 6.07 Å². The van der Waals surface area contributed by atoms with Crippen LogP contribution in [0.15, 0.2) is 18.3 Å². The summed E-state index contributed by atoms with van der Waals surface area (Å²) in [5.41, 5.74) is 8.49. The van der Waals surface area contributed by atoms with Crippen molar-refractivity contribution in [1.29, 1.82) is 0 Å². The maximum absolute atomic E-state index is 12.8. The van der Waals surface area contributed by atoms with Crippen molar-refractivity contribution in [3.05, 3.63) is 35.4 Å². The fraction of sp³-hybridized carbons (Fsp3) is 0.250. The lowest BCUT2D eigenvalue weighted by Gasteiger charge is -2.05. The van der Waals surface area contributed by atoms with Gasteiger partial charge in [0, 0.05) is 11.3 Å². The second-order valence-corrected chi connectivity index (χ2v) is 4.07. The molecule has 5 heteroatoms. The molecule has 0 saturated carbocycles. The van der Waals surface area contributed by atoms with Crippen LogP contribution < -0.4 is 5.73 Å². The van der Waals surface area contributed by atoms with E-state index in [9.17, 15) is 4.39 Å². The number of hydrogen-bond acceptors (Lipinski definition) is 4. The Morgan fingerprint density at radius 3 is 2.82 bits per heavy atom. The minimum atomic E-state index is -0.372. The molecule has 0 saturated heterocycles. The number of anilines is 1. The maximum Gasteiger partial charge on any atom is 0.180 e. The van der Waals surface area contributed by atoms with E-state index in [1.54, 1.807) is 6.07 Å². The van der Waals surface area contributed by atoms with Crippen molar-refractivity contribution in [2.75, 3.05) is 5.73 Å². The molecular weight excluding hydrogens is 219 g/mol. The summed E-state index contributed by atoms with van der Waals surface area (Å²) in [6.07, 6.45) is 4.09. The fourth-order valence-electron chi connectivity index (χ4n) is 2.08. The van der Waals surface area contributed by atoms with Gasteiger partial charge in [-0.3, -0.25) is 0 Å². The standard InChI is InChI=1S/C12H11FN4/c13-7-4-5-10(15-6-7)12-16-9-3-1-2-8(9)11(14)17-12/h4-6H,1-3H2,(H2,14,16,17). The summed E-state index contributed by atoms with van der Waals surface area (Å²) in [5, 5.41) is 0. The van der Waals surface area contributed by atoms with Gasteiger partial charge >= 0.3 is 0 Å². The van der Waals surface area contributed by atoms with Gasteiger partial charge in [0.25, 0.3) is 0 Å². The highest BCUT2D eigenvalue weighted by atomic mass is 19.1. The third kappa shape index (κ3) is 1.73. The van der Waals surface area contributed by atoms with E-state index in [0.717, 1.165) is 36.7 Å². The lowest BCUT2D eigenvalue weighted by atomic mass is 10.2. The van der Waals surface area contributed by atoms with Crippen LogP contribution in [0.3, 0.4) is 0 Å². The predicted octanol–water partition coefficient (Wildman–Crippen LogP) is 1.75.